The van der Waals surface area contributed by atoms with Gasteiger partial charge in [0.25, 0.3) is 0 Å². The van der Waals surface area contributed by atoms with E-state index < -0.39 is 0 Å². The van der Waals surface area contributed by atoms with Crippen molar-refractivity contribution in [1.29, 1.82) is 0 Å². The molecule has 1 N–H and O–H groups in total. The maximum atomic E-state index is 5.80. The van der Waals surface area contributed by atoms with Gasteiger partial charge in [0, 0.05) is 23.7 Å². The Morgan fingerprint density at radius 1 is 1.00 bits per heavy atom. The van der Waals surface area contributed by atoms with Crippen LogP contribution in [-0.2, 0) is 6.42 Å². The summed E-state index contributed by atoms with van der Waals surface area (Å²) in [5, 5.41) is 3.22. The van der Waals surface area contributed by atoms with Gasteiger partial charge in [-0.15, -0.1) is 0 Å². The molecule has 1 aliphatic heterocycles. The second-order valence-corrected chi connectivity index (χ2v) is 5.04. The molecule has 0 saturated heterocycles. The third-order valence-corrected chi connectivity index (χ3v) is 3.64. The molecule has 5 heteroatoms. The van der Waals surface area contributed by atoms with Crippen LogP contribution in [0.2, 0.25) is 0 Å². The first-order valence-corrected chi connectivity index (χ1v) is 7.14. The smallest absolute Gasteiger partial charge is 0.173 e. The van der Waals surface area contributed by atoms with E-state index in [0.29, 0.717) is 12.4 Å². The topological polar surface area (TPSA) is 59.9 Å². The van der Waals surface area contributed by atoms with Crippen molar-refractivity contribution in [3.8, 4) is 16.9 Å². The molecule has 0 fully saturated rings. The number of nitrogens with one attached hydrogen (secondary N) is 1. The molecule has 0 unspecified atom stereocenters. The maximum Gasteiger partial charge on any atom is 0.173 e. The van der Waals surface area contributed by atoms with Gasteiger partial charge in [-0.3, -0.25) is 0 Å². The van der Waals surface area contributed by atoms with E-state index in [9.17, 15) is 0 Å². The molecule has 0 amide bonds. The van der Waals surface area contributed by atoms with Crippen LogP contribution in [0, 0.1) is 0 Å². The largest absolute Gasteiger partial charge is 0.489 e. The molecule has 1 aliphatic rings. The average Bonchev–Trinajstić information content (AvgIpc) is 3.07. The number of rotatable bonds is 3. The highest BCUT2D eigenvalue weighted by Crippen LogP contribution is 2.39. The van der Waals surface area contributed by atoms with Crippen LogP contribution in [0.3, 0.4) is 0 Å². The van der Waals surface area contributed by atoms with Gasteiger partial charge in [-0.1, -0.05) is 30.3 Å². The number of hydrogen-bond acceptors (Lipinski definition) is 5. The van der Waals surface area contributed by atoms with Crippen molar-refractivity contribution in [1.82, 2.24) is 15.0 Å². The Balaban J connectivity index is 1.76. The van der Waals surface area contributed by atoms with Gasteiger partial charge in [-0.2, -0.15) is 0 Å². The van der Waals surface area contributed by atoms with Crippen LogP contribution in [-0.4, -0.2) is 21.6 Å². The monoisotopic (exact) mass is 290 g/mol. The zero-order chi connectivity index (χ0) is 14.8. The van der Waals surface area contributed by atoms with Crippen molar-refractivity contribution >= 4 is 11.5 Å². The summed E-state index contributed by atoms with van der Waals surface area (Å²) in [5.74, 6) is 1.53. The van der Waals surface area contributed by atoms with Gasteiger partial charge in [0.15, 0.2) is 11.6 Å². The van der Waals surface area contributed by atoms with E-state index in [4.69, 9.17) is 4.74 Å². The van der Waals surface area contributed by atoms with E-state index >= 15 is 0 Å². The number of hydrogen-bond donors (Lipinski definition) is 1. The zero-order valence-electron chi connectivity index (χ0n) is 11.9. The summed E-state index contributed by atoms with van der Waals surface area (Å²) < 4.78 is 5.80. The first-order valence-electron chi connectivity index (χ1n) is 7.14. The second-order valence-electron chi connectivity index (χ2n) is 5.04. The highest BCUT2D eigenvalue weighted by molar-refractivity contribution is 5.75. The van der Waals surface area contributed by atoms with Crippen LogP contribution in [0.5, 0.6) is 5.75 Å². The fraction of sp³-hybridized carbons (Fsp3) is 0.118. The summed E-state index contributed by atoms with van der Waals surface area (Å²) in [4.78, 5) is 12.5. The van der Waals surface area contributed by atoms with E-state index in [1.54, 1.807) is 12.4 Å². The summed E-state index contributed by atoms with van der Waals surface area (Å²) in [5.41, 5.74) is 4.27. The van der Waals surface area contributed by atoms with Crippen molar-refractivity contribution in [2.45, 2.75) is 6.42 Å². The Bertz CT molecular complexity index is 791. The SMILES string of the molecule is c1ccc(-c2cnc(Nc3cncnc3)c3c2CCO3)cc1. The molecular formula is C17H14N4O. The number of nitrogens with zero attached hydrogens (tertiary/aromatic N) is 3. The van der Waals surface area contributed by atoms with Crippen LogP contribution in [0.25, 0.3) is 11.1 Å². The molecule has 2 aromatic heterocycles. The minimum atomic E-state index is 0.681. The molecule has 108 valence electrons. The molecule has 22 heavy (non-hydrogen) atoms. The molecule has 0 radical (unpaired) electrons. The molecule has 5 nitrogen and oxygen atoms in total. The number of pyridine rings is 1. The van der Waals surface area contributed by atoms with E-state index in [-0.39, 0.29) is 0 Å². The average molecular weight is 290 g/mol. The Hall–Kier alpha value is -2.95. The number of ether oxygens (including phenoxy) is 1. The summed E-state index contributed by atoms with van der Waals surface area (Å²) >= 11 is 0. The summed E-state index contributed by atoms with van der Waals surface area (Å²) in [6, 6.07) is 10.3. The van der Waals surface area contributed by atoms with Gasteiger partial charge in [-0.25, -0.2) is 15.0 Å². The maximum absolute atomic E-state index is 5.80. The van der Waals surface area contributed by atoms with E-state index in [1.807, 2.05) is 24.4 Å². The molecule has 0 spiro atoms. The summed E-state index contributed by atoms with van der Waals surface area (Å²) in [6.07, 6.45) is 7.71. The predicted molar refractivity (Wildman–Crippen MR) is 84.2 cm³/mol. The van der Waals surface area contributed by atoms with Crippen LogP contribution in [0.1, 0.15) is 5.56 Å². The lowest BCUT2D eigenvalue weighted by Gasteiger charge is -2.12. The molecule has 4 rings (SSSR count). The van der Waals surface area contributed by atoms with Gasteiger partial charge < -0.3 is 10.1 Å². The van der Waals surface area contributed by atoms with Gasteiger partial charge in [0.2, 0.25) is 0 Å². The standard InChI is InChI=1S/C17H14N4O/c1-2-4-12(5-3-1)15-10-20-17(16-14(15)6-7-22-16)21-13-8-18-11-19-9-13/h1-5,8-11H,6-7H2,(H,20,21). The van der Waals surface area contributed by atoms with Gasteiger partial charge in [0.05, 0.1) is 24.7 Å². The second kappa shape index (κ2) is 5.44. The fourth-order valence-corrected chi connectivity index (χ4v) is 2.65. The lowest BCUT2D eigenvalue weighted by atomic mass is 10.0. The van der Waals surface area contributed by atoms with Gasteiger partial charge >= 0.3 is 0 Å². The van der Waals surface area contributed by atoms with E-state index in [1.165, 1.54) is 11.9 Å². The summed E-state index contributed by atoms with van der Waals surface area (Å²) in [7, 11) is 0. The van der Waals surface area contributed by atoms with Crippen LogP contribution >= 0.6 is 0 Å². The minimum Gasteiger partial charge on any atom is -0.489 e. The molecule has 3 aromatic rings. The van der Waals surface area contributed by atoms with Crippen LogP contribution < -0.4 is 10.1 Å². The van der Waals surface area contributed by atoms with Crippen molar-refractivity contribution in [3.63, 3.8) is 0 Å². The van der Waals surface area contributed by atoms with Crippen LogP contribution in [0.15, 0.2) is 55.2 Å². The number of anilines is 2. The van der Waals surface area contributed by atoms with E-state index in [0.717, 1.165) is 29.0 Å². The number of fused-ring (bicyclic) bond motifs is 1. The quantitative estimate of drug-likeness (QED) is 0.802. The van der Waals surface area contributed by atoms with Crippen LogP contribution in [0.4, 0.5) is 11.5 Å². The zero-order valence-corrected chi connectivity index (χ0v) is 11.9. The molecule has 3 heterocycles. The molecular weight excluding hydrogens is 276 g/mol. The normalized spacial score (nSPS) is 12.5. The van der Waals surface area contributed by atoms with Crippen molar-refractivity contribution in [2.24, 2.45) is 0 Å². The molecule has 0 saturated carbocycles. The first kappa shape index (κ1) is 12.8. The van der Waals surface area contributed by atoms with Gasteiger partial charge in [-0.05, 0) is 5.56 Å². The number of aromatic nitrogens is 3. The lowest BCUT2D eigenvalue weighted by molar-refractivity contribution is 0.357. The third-order valence-electron chi connectivity index (χ3n) is 3.64. The molecule has 0 atom stereocenters. The van der Waals surface area contributed by atoms with Crippen molar-refractivity contribution < 1.29 is 4.74 Å². The van der Waals surface area contributed by atoms with Gasteiger partial charge in [0.1, 0.15) is 6.33 Å². The molecule has 0 bridgehead atoms. The van der Waals surface area contributed by atoms with Crippen molar-refractivity contribution in [3.05, 3.63) is 60.8 Å². The Morgan fingerprint density at radius 3 is 2.64 bits per heavy atom. The first-order chi connectivity index (χ1) is 10.9. The highest BCUT2D eigenvalue weighted by atomic mass is 16.5. The fourth-order valence-electron chi connectivity index (χ4n) is 2.65. The molecule has 0 aliphatic carbocycles. The third kappa shape index (κ3) is 2.26. The highest BCUT2D eigenvalue weighted by Gasteiger charge is 2.22. The van der Waals surface area contributed by atoms with Crippen molar-refractivity contribution in [2.75, 3.05) is 11.9 Å². The molecule has 1 aromatic carbocycles. The Morgan fingerprint density at radius 2 is 1.82 bits per heavy atom. The Labute approximate surface area is 128 Å². The summed E-state index contributed by atoms with van der Waals surface area (Å²) in [6.45, 7) is 0.681. The minimum absolute atomic E-state index is 0.681. The number of benzene rings is 1. The Kier molecular flexibility index (Phi) is 3.16. The van der Waals surface area contributed by atoms with E-state index in [2.05, 4.69) is 32.4 Å². The predicted octanol–water partition coefficient (Wildman–Crippen LogP) is 3.22. The lowest BCUT2D eigenvalue weighted by Crippen LogP contribution is -1.99.